The number of carboxylic acid groups (broad SMARTS) is 1. The first-order valence-electron chi connectivity index (χ1n) is 5.97. The molecule has 0 bridgehead atoms. The van der Waals surface area contributed by atoms with E-state index in [0.29, 0.717) is 5.69 Å². The number of halogens is 1. The van der Waals surface area contributed by atoms with Gasteiger partial charge in [0.2, 0.25) is 0 Å². The van der Waals surface area contributed by atoms with Crippen LogP contribution in [0.3, 0.4) is 0 Å². The van der Waals surface area contributed by atoms with Gasteiger partial charge in [-0.3, -0.25) is 4.79 Å². The minimum atomic E-state index is -1.28. The van der Waals surface area contributed by atoms with E-state index < -0.39 is 35.0 Å². The average molecular weight is 293 g/mol. The number of rotatable bonds is 5. The Balaban J connectivity index is 2.17. The minimum absolute atomic E-state index is 0.0453. The third kappa shape index (κ3) is 3.35. The Kier molecular flexibility index (Phi) is 4.17. The lowest BCUT2D eigenvalue weighted by Gasteiger charge is -2.14. The van der Waals surface area contributed by atoms with Crippen LogP contribution in [0.1, 0.15) is 16.1 Å². The number of amides is 1. The molecule has 2 rings (SSSR count). The molecule has 0 spiro atoms. The molecule has 0 fully saturated rings. The Morgan fingerprint density at radius 2 is 2.19 bits per heavy atom. The first kappa shape index (κ1) is 14.5. The SMILES string of the molecule is O=C(N[C@@H](Cc1cnc[nH]1)C(=O)O)c1c(O)cccc1F. The number of nitrogens with zero attached hydrogens (tertiary/aromatic N) is 1. The van der Waals surface area contributed by atoms with E-state index in [1.807, 2.05) is 0 Å². The van der Waals surface area contributed by atoms with E-state index in [-0.39, 0.29) is 6.42 Å². The number of aromatic hydroxyl groups is 1. The normalized spacial score (nSPS) is 11.9. The first-order valence-corrected chi connectivity index (χ1v) is 5.97. The van der Waals surface area contributed by atoms with Crippen molar-refractivity contribution < 1.29 is 24.2 Å². The van der Waals surface area contributed by atoms with E-state index in [9.17, 15) is 19.1 Å². The summed E-state index contributed by atoms with van der Waals surface area (Å²) in [5.41, 5.74) is -0.0891. The predicted molar refractivity (Wildman–Crippen MR) is 69.2 cm³/mol. The fraction of sp³-hybridized carbons (Fsp3) is 0.154. The summed E-state index contributed by atoms with van der Waals surface area (Å²) >= 11 is 0. The highest BCUT2D eigenvalue weighted by Crippen LogP contribution is 2.19. The van der Waals surface area contributed by atoms with Crippen LogP contribution in [0, 0.1) is 5.82 Å². The summed E-state index contributed by atoms with van der Waals surface area (Å²) < 4.78 is 13.5. The number of nitrogens with one attached hydrogen (secondary N) is 2. The number of imidazole rings is 1. The summed E-state index contributed by atoms with van der Waals surface area (Å²) in [7, 11) is 0. The monoisotopic (exact) mass is 293 g/mol. The van der Waals surface area contributed by atoms with Gasteiger partial charge in [-0.2, -0.15) is 0 Å². The second-order valence-corrected chi connectivity index (χ2v) is 4.28. The van der Waals surface area contributed by atoms with Crippen molar-refractivity contribution in [1.29, 1.82) is 0 Å². The highest BCUT2D eigenvalue weighted by Gasteiger charge is 2.24. The van der Waals surface area contributed by atoms with E-state index in [0.717, 1.165) is 12.1 Å². The van der Waals surface area contributed by atoms with E-state index in [1.54, 1.807) is 0 Å². The molecule has 0 radical (unpaired) electrons. The van der Waals surface area contributed by atoms with Crippen LogP contribution in [-0.2, 0) is 11.2 Å². The molecule has 1 amide bonds. The first-order chi connectivity index (χ1) is 9.99. The number of hydrogen-bond acceptors (Lipinski definition) is 4. The molecule has 0 saturated carbocycles. The maximum Gasteiger partial charge on any atom is 0.326 e. The molecule has 0 saturated heterocycles. The lowest BCUT2D eigenvalue weighted by atomic mass is 10.1. The molecule has 4 N–H and O–H groups in total. The fourth-order valence-corrected chi connectivity index (χ4v) is 1.78. The smallest absolute Gasteiger partial charge is 0.326 e. The van der Waals surface area contributed by atoms with Crippen molar-refractivity contribution >= 4 is 11.9 Å². The lowest BCUT2D eigenvalue weighted by molar-refractivity contribution is -0.139. The number of carbonyl (C=O) groups excluding carboxylic acids is 1. The van der Waals surface area contributed by atoms with Gasteiger partial charge in [0.15, 0.2) is 0 Å². The quantitative estimate of drug-likeness (QED) is 0.647. The van der Waals surface area contributed by atoms with Crippen LogP contribution in [0.2, 0.25) is 0 Å². The zero-order chi connectivity index (χ0) is 15.4. The number of carboxylic acids is 1. The molecular weight excluding hydrogens is 281 g/mol. The van der Waals surface area contributed by atoms with Crippen molar-refractivity contribution in [2.45, 2.75) is 12.5 Å². The fourth-order valence-electron chi connectivity index (χ4n) is 1.78. The van der Waals surface area contributed by atoms with Crippen LogP contribution in [0.5, 0.6) is 5.75 Å². The number of benzene rings is 1. The van der Waals surface area contributed by atoms with Gasteiger partial charge in [-0.1, -0.05) is 6.07 Å². The second-order valence-electron chi connectivity index (χ2n) is 4.28. The summed E-state index contributed by atoms with van der Waals surface area (Å²) in [4.78, 5) is 29.5. The third-order valence-corrected chi connectivity index (χ3v) is 2.80. The van der Waals surface area contributed by atoms with Crippen LogP contribution in [0.25, 0.3) is 0 Å². The molecule has 1 heterocycles. The molecular formula is C13H12FN3O4. The summed E-state index contributed by atoms with van der Waals surface area (Å²) in [6.45, 7) is 0. The Bertz CT molecular complexity index is 637. The standard InChI is InChI=1S/C13H12FN3O4/c14-8-2-1-3-10(18)11(8)12(19)17-9(13(20)21)4-7-5-15-6-16-7/h1-3,5-6,9,18H,4H2,(H,15,16)(H,17,19)(H,20,21)/t9-/m0/s1. The number of carbonyl (C=O) groups is 2. The number of phenols is 1. The molecule has 0 aliphatic rings. The maximum atomic E-state index is 13.5. The van der Waals surface area contributed by atoms with Gasteiger partial charge in [0, 0.05) is 18.3 Å². The summed E-state index contributed by atoms with van der Waals surface area (Å²) in [5, 5.41) is 20.8. The third-order valence-electron chi connectivity index (χ3n) is 2.80. The van der Waals surface area contributed by atoms with Crippen molar-refractivity contribution in [3.63, 3.8) is 0 Å². The van der Waals surface area contributed by atoms with Gasteiger partial charge in [0.1, 0.15) is 23.2 Å². The lowest BCUT2D eigenvalue weighted by Crippen LogP contribution is -2.42. The van der Waals surface area contributed by atoms with E-state index in [2.05, 4.69) is 15.3 Å². The molecule has 1 aromatic heterocycles. The molecule has 0 aliphatic carbocycles. The Hall–Kier alpha value is -2.90. The van der Waals surface area contributed by atoms with Gasteiger partial charge in [0.25, 0.3) is 5.91 Å². The van der Waals surface area contributed by atoms with Crippen LogP contribution < -0.4 is 5.32 Å². The molecule has 7 nitrogen and oxygen atoms in total. The van der Waals surface area contributed by atoms with Gasteiger partial charge in [-0.25, -0.2) is 14.2 Å². The molecule has 0 aliphatic heterocycles. The van der Waals surface area contributed by atoms with E-state index >= 15 is 0 Å². The number of hydrogen-bond donors (Lipinski definition) is 4. The highest BCUT2D eigenvalue weighted by molar-refractivity contribution is 5.99. The van der Waals surface area contributed by atoms with E-state index in [4.69, 9.17) is 5.11 Å². The Morgan fingerprint density at radius 1 is 1.43 bits per heavy atom. The van der Waals surface area contributed by atoms with Gasteiger partial charge in [-0.15, -0.1) is 0 Å². The topological polar surface area (TPSA) is 115 Å². The zero-order valence-corrected chi connectivity index (χ0v) is 10.7. The minimum Gasteiger partial charge on any atom is -0.507 e. The van der Waals surface area contributed by atoms with Crippen LogP contribution in [0.15, 0.2) is 30.7 Å². The molecule has 1 aromatic carbocycles. The molecule has 2 aromatic rings. The second kappa shape index (κ2) is 6.04. The molecule has 110 valence electrons. The summed E-state index contributed by atoms with van der Waals surface area (Å²) in [6, 6.07) is 2.10. The molecule has 1 atom stereocenters. The van der Waals surface area contributed by atoms with Crippen LogP contribution in [-0.4, -0.2) is 38.1 Å². The molecule has 21 heavy (non-hydrogen) atoms. The largest absolute Gasteiger partial charge is 0.507 e. The predicted octanol–water partition coefficient (Wildman–Crippen LogP) is 0.680. The number of aromatic nitrogens is 2. The van der Waals surface area contributed by atoms with Gasteiger partial charge in [0.05, 0.1) is 6.33 Å². The number of aliphatic carboxylic acids is 1. The summed E-state index contributed by atoms with van der Waals surface area (Å²) in [5.74, 6) is -3.78. The maximum absolute atomic E-state index is 13.5. The van der Waals surface area contributed by atoms with Gasteiger partial charge in [-0.05, 0) is 12.1 Å². The van der Waals surface area contributed by atoms with Gasteiger partial charge < -0.3 is 20.5 Å². The van der Waals surface area contributed by atoms with Crippen molar-refractivity contribution in [3.8, 4) is 5.75 Å². The van der Waals surface area contributed by atoms with Crippen molar-refractivity contribution in [2.75, 3.05) is 0 Å². The molecule has 0 unspecified atom stereocenters. The summed E-state index contributed by atoms with van der Waals surface area (Å²) in [6.07, 6.45) is 2.75. The number of aromatic amines is 1. The average Bonchev–Trinajstić information content (AvgIpc) is 2.90. The molecule has 8 heteroatoms. The number of H-pyrrole nitrogens is 1. The van der Waals surface area contributed by atoms with Crippen LogP contribution >= 0.6 is 0 Å². The van der Waals surface area contributed by atoms with E-state index in [1.165, 1.54) is 18.6 Å². The zero-order valence-electron chi connectivity index (χ0n) is 10.7. The Labute approximate surface area is 118 Å². The number of phenolic OH excluding ortho intramolecular Hbond substituents is 1. The highest BCUT2D eigenvalue weighted by atomic mass is 19.1. The van der Waals surface area contributed by atoms with Gasteiger partial charge >= 0.3 is 5.97 Å². The van der Waals surface area contributed by atoms with Crippen LogP contribution in [0.4, 0.5) is 4.39 Å². The van der Waals surface area contributed by atoms with Crippen molar-refractivity contribution in [1.82, 2.24) is 15.3 Å². The van der Waals surface area contributed by atoms with Crippen molar-refractivity contribution in [2.24, 2.45) is 0 Å². The van der Waals surface area contributed by atoms with Crippen molar-refractivity contribution in [3.05, 3.63) is 47.8 Å². The Morgan fingerprint density at radius 3 is 2.76 bits per heavy atom.